The topological polar surface area (TPSA) is 88.2 Å². The number of benzene rings is 3. The van der Waals surface area contributed by atoms with Gasteiger partial charge in [-0.05, 0) is 55.2 Å². The van der Waals surface area contributed by atoms with Crippen molar-refractivity contribution >= 4 is 23.6 Å². The molecule has 3 aromatic carbocycles. The van der Waals surface area contributed by atoms with Crippen molar-refractivity contribution in [3.63, 3.8) is 0 Å². The lowest BCUT2D eigenvalue weighted by atomic mass is 9.99. The molecule has 2 atom stereocenters. The smallest absolute Gasteiger partial charge is 0.411 e. The van der Waals surface area contributed by atoms with E-state index in [1.165, 1.54) is 12.0 Å². The molecule has 8 heteroatoms. The highest BCUT2D eigenvalue weighted by Gasteiger charge is 2.48. The summed E-state index contributed by atoms with van der Waals surface area (Å²) in [7, 11) is 1.51. The normalized spacial score (nSPS) is 18.8. The number of aryl methyl sites for hydroxylation is 1. The molecule has 0 aromatic heterocycles. The number of methoxy groups -OCH3 is 1. The van der Waals surface area contributed by atoms with Crippen LogP contribution >= 0.6 is 0 Å². The largest absolute Gasteiger partial charge is 0.496 e. The number of ether oxygens (including phenoxy) is 2. The lowest BCUT2D eigenvalue weighted by Gasteiger charge is -2.28. The maximum absolute atomic E-state index is 13.7. The summed E-state index contributed by atoms with van der Waals surface area (Å²) in [5.74, 6) is 0.0246. The van der Waals surface area contributed by atoms with Crippen molar-refractivity contribution in [3.05, 3.63) is 95.1 Å². The van der Waals surface area contributed by atoms with Crippen LogP contribution in [0.15, 0.2) is 72.8 Å². The van der Waals surface area contributed by atoms with Gasteiger partial charge in [0, 0.05) is 18.8 Å². The zero-order chi connectivity index (χ0) is 26.6. The van der Waals surface area contributed by atoms with Gasteiger partial charge in [-0.3, -0.25) is 14.5 Å². The highest BCUT2D eigenvalue weighted by Crippen LogP contribution is 2.36. The van der Waals surface area contributed by atoms with E-state index in [1.54, 1.807) is 42.5 Å². The van der Waals surface area contributed by atoms with Gasteiger partial charge in [-0.15, -0.1) is 0 Å². The molecule has 0 spiro atoms. The zero-order valence-corrected chi connectivity index (χ0v) is 21.6. The van der Waals surface area contributed by atoms with Crippen molar-refractivity contribution in [1.82, 2.24) is 9.80 Å². The predicted molar refractivity (Wildman–Crippen MR) is 143 cm³/mol. The lowest BCUT2D eigenvalue weighted by Crippen LogP contribution is -2.47. The number of cyclic esters (lactones) is 1. The summed E-state index contributed by atoms with van der Waals surface area (Å²) in [5.41, 5.74) is 3.61. The third-order valence-corrected chi connectivity index (χ3v) is 7.05. The summed E-state index contributed by atoms with van der Waals surface area (Å²) >= 11 is 0. The molecule has 8 nitrogen and oxygen atoms in total. The van der Waals surface area contributed by atoms with Gasteiger partial charge in [-0.2, -0.15) is 0 Å². The molecule has 0 radical (unpaired) electrons. The molecule has 3 amide bonds. The second-order valence-electron chi connectivity index (χ2n) is 9.67. The van der Waals surface area contributed by atoms with E-state index in [0.29, 0.717) is 35.7 Å². The van der Waals surface area contributed by atoms with Crippen LogP contribution in [0.2, 0.25) is 0 Å². The van der Waals surface area contributed by atoms with E-state index in [1.807, 2.05) is 42.2 Å². The van der Waals surface area contributed by atoms with Crippen molar-refractivity contribution < 1.29 is 23.9 Å². The van der Waals surface area contributed by atoms with E-state index in [2.05, 4.69) is 5.32 Å². The number of likely N-dealkylation sites (tertiary alicyclic amines) is 1. The highest BCUT2D eigenvalue weighted by atomic mass is 16.6. The SMILES string of the molecule is COc1ccccc1C(=O)Nc1cccc(C2OC(=O)N(Cc3ccc(C)cc3)C2C(=O)N2CCCC2)c1. The second-order valence-corrected chi connectivity index (χ2v) is 9.67. The summed E-state index contributed by atoms with van der Waals surface area (Å²) in [5, 5.41) is 2.90. The van der Waals surface area contributed by atoms with Gasteiger partial charge in [0.25, 0.3) is 5.91 Å². The van der Waals surface area contributed by atoms with Crippen LogP contribution in [-0.4, -0.2) is 53.9 Å². The number of hydrogen-bond acceptors (Lipinski definition) is 5. The van der Waals surface area contributed by atoms with Gasteiger partial charge in [0.05, 0.1) is 19.2 Å². The number of para-hydroxylation sites is 1. The average molecular weight is 514 g/mol. The Labute approximate surface area is 222 Å². The summed E-state index contributed by atoms with van der Waals surface area (Å²) in [6.07, 6.45) is 0.557. The minimum atomic E-state index is -0.804. The minimum Gasteiger partial charge on any atom is -0.496 e. The van der Waals surface area contributed by atoms with Crippen LogP contribution in [-0.2, 0) is 16.1 Å². The Bertz CT molecular complexity index is 1330. The summed E-state index contributed by atoms with van der Waals surface area (Å²) < 4.78 is 11.1. The van der Waals surface area contributed by atoms with Gasteiger partial charge in [0.1, 0.15) is 5.75 Å². The molecule has 3 aromatic rings. The van der Waals surface area contributed by atoms with E-state index < -0.39 is 18.2 Å². The summed E-state index contributed by atoms with van der Waals surface area (Å²) in [6, 6.07) is 21.2. The second kappa shape index (κ2) is 11.0. The molecule has 2 aliphatic rings. The highest BCUT2D eigenvalue weighted by molar-refractivity contribution is 6.06. The Balaban J connectivity index is 1.43. The standard InChI is InChI=1S/C30H31N3O5/c1-20-12-14-21(15-13-20)19-33-26(29(35)32-16-5-6-17-32)27(38-30(33)36)22-8-7-9-23(18-22)31-28(34)24-10-3-4-11-25(24)37-2/h3-4,7-15,18,26-27H,5-6,16-17,19H2,1-2H3,(H,31,34). The van der Waals surface area contributed by atoms with E-state index in [-0.39, 0.29) is 18.4 Å². The van der Waals surface area contributed by atoms with Crippen LogP contribution in [0.3, 0.4) is 0 Å². The quantitative estimate of drug-likeness (QED) is 0.484. The Hall–Kier alpha value is -4.33. The monoisotopic (exact) mass is 513 g/mol. The van der Waals surface area contributed by atoms with Gasteiger partial charge >= 0.3 is 6.09 Å². The van der Waals surface area contributed by atoms with Crippen LogP contribution in [0.4, 0.5) is 10.5 Å². The first kappa shape index (κ1) is 25.3. The molecule has 196 valence electrons. The maximum atomic E-state index is 13.7. The first-order valence-electron chi connectivity index (χ1n) is 12.8. The number of nitrogens with one attached hydrogen (secondary N) is 1. The molecule has 2 heterocycles. The van der Waals surface area contributed by atoms with Gasteiger partial charge in [0.15, 0.2) is 12.1 Å². The first-order chi connectivity index (χ1) is 18.4. The fraction of sp³-hybridized carbons (Fsp3) is 0.300. The fourth-order valence-electron chi connectivity index (χ4n) is 5.03. The number of carbonyl (C=O) groups excluding carboxylic acids is 3. The first-order valence-corrected chi connectivity index (χ1v) is 12.8. The third-order valence-electron chi connectivity index (χ3n) is 7.05. The number of amides is 3. The van der Waals surface area contributed by atoms with Gasteiger partial charge in [-0.25, -0.2) is 4.79 Å². The molecular formula is C30H31N3O5. The number of hydrogen-bond donors (Lipinski definition) is 1. The summed E-state index contributed by atoms with van der Waals surface area (Å²) in [4.78, 5) is 43.1. The Morgan fingerprint density at radius 3 is 2.47 bits per heavy atom. The number of anilines is 1. The van der Waals surface area contributed by atoms with Gasteiger partial charge in [-0.1, -0.05) is 54.1 Å². The van der Waals surface area contributed by atoms with Crippen LogP contribution in [0, 0.1) is 6.92 Å². The number of carbonyl (C=O) groups is 3. The molecule has 2 saturated heterocycles. The van der Waals surface area contributed by atoms with Crippen LogP contribution in [0.25, 0.3) is 0 Å². The maximum Gasteiger partial charge on any atom is 0.411 e. The molecule has 5 rings (SSSR count). The number of nitrogens with zero attached hydrogens (tertiary/aromatic N) is 2. The van der Waals surface area contributed by atoms with E-state index in [0.717, 1.165) is 24.0 Å². The molecule has 0 saturated carbocycles. The lowest BCUT2D eigenvalue weighted by molar-refractivity contribution is -0.135. The van der Waals surface area contributed by atoms with Crippen LogP contribution in [0.1, 0.15) is 46.0 Å². The van der Waals surface area contributed by atoms with Crippen molar-refractivity contribution in [2.75, 3.05) is 25.5 Å². The molecule has 2 aliphatic heterocycles. The van der Waals surface area contributed by atoms with Crippen molar-refractivity contribution in [2.45, 2.75) is 38.5 Å². The van der Waals surface area contributed by atoms with Gasteiger partial charge < -0.3 is 19.7 Å². The molecule has 2 unspecified atom stereocenters. The molecule has 1 N–H and O–H groups in total. The van der Waals surface area contributed by atoms with Crippen molar-refractivity contribution in [2.24, 2.45) is 0 Å². The average Bonchev–Trinajstić information content (AvgIpc) is 3.58. The van der Waals surface area contributed by atoms with Gasteiger partial charge in [0.2, 0.25) is 5.91 Å². The predicted octanol–water partition coefficient (Wildman–Crippen LogP) is 4.94. The molecule has 38 heavy (non-hydrogen) atoms. The molecule has 0 aliphatic carbocycles. The Kier molecular flexibility index (Phi) is 7.31. The fourth-order valence-corrected chi connectivity index (χ4v) is 5.03. The van der Waals surface area contributed by atoms with Crippen LogP contribution < -0.4 is 10.1 Å². The Morgan fingerprint density at radius 2 is 1.74 bits per heavy atom. The van der Waals surface area contributed by atoms with Crippen molar-refractivity contribution in [1.29, 1.82) is 0 Å². The summed E-state index contributed by atoms with van der Waals surface area (Å²) in [6.45, 7) is 3.61. The van der Waals surface area contributed by atoms with E-state index in [4.69, 9.17) is 9.47 Å². The van der Waals surface area contributed by atoms with Crippen LogP contribution in [0.5, 0.6) is 5.75 Å². The van der Waals surface area contributed by atoms with E-state index in [9.17, 15) is 14.4 Å². The molecule has 0 bridgehead atoms. The number of rotatable bonds is 7. The Morgan fingerprint density at radius 1 is 1.00 bits per heavy atom. The third kappa shape index (κ3) is 5.20. The van der Waals surface area contributed by atoms with E-state index >= 15 is 0 Å². The zero-order valence-electron chi connectivity index (χ0n) is 21.6. The van der Waals surface area contributed by atoms with Crippen molar-refractivity contribution in [3.8, 4) is 5.75 Å². The molecule has 2 fully saturated rings. The minimum absolute atomic E-state index is 0.117. The molecular weight excluding hydrogens is 482 g/mol.